The maximum atomic E-state index is 12.5. The number of ketones is 1. The van der Waals surface area contributed by atoms with Crippen LogP contribution in [0.4, 0.5) is 0 Å². The number of thiophene rings is 1. The predicted octanol–water partition coefficient (Wildman–Crippen LogP) is 3.44. The van der Waals surface area contributed by atoms with Gasteiger partial charge in [0.1, 0.15) is 0 Å². The summed E-state index contributed by atoms with van der Waals surface area (Å²) in [6.07, 6.45) is 0. The fourth-order valence-electron chi connectivity index (χ4n) is 3.25. The molecule has 20 heavy (non-hydrogen) atoms. The zero-order chi connectivity index (χ0) is 15.1. The van der Waals surface area contributed by atoms with Crippen molar-refractivity contribution in [1.82, 2.24) is 4.90 Å². The number of aryl methyl sites for hydroxylation is 2. The smallest absolute Gasteiger partial charge is 0.177 e. The molecule has 0 N–H and O–H groups in total. The normalized spacial score (nSPS) is 21.9. The summed E-state index contributed by atoms with van der Waals surface area (Å²) in [5, 5.41) is 0. The van der Waals surface area contributed by atoms with Gasteiger partial charge in [0.25, 0.3) is 0 Å². The van der Waals surface area contributed by atoms with Gasteiger partial charge >= 0.3 is 0 Å². The molecule has 2 rings (SSSR count). The van der Waals surface area contributed by atoms with E-state index in [9.17, 15) is 4.79 Å². The van der Waals surface area contributed by atoms with E-state index in [1.165, 1.54) is 4.88 Å². The van der Waals surface area contributed by atoms with Crippen molar-refractivity contribution in [2.75, 3.05) is 19.6 Å². The Hall–Kier alpha value is -0.710. The third kappa shape index (κ3) is 3.68. The molecule has 1 aromatic heterocycles. The van der Waals surface area contributed by atoms with Gasteiger partial charge < -0.3 is 4.74 Å². The van der Waals surface area contributed by atoms with E-state index in [2.05, 4.69) is 39.5 Å². The molecule has 0 spiro atoms. The van der Waals surface area contributed by atoms with E-state index >= 15 is 0 Å². The number of morpholine rings is 1. The average molecular weight is 295 g/mol. The number of Topliss-reactive ketones (excluding diaryl/α,β-unsaturated/α-hetero) is 1. The number of hydrogen-bond acceptors (Lipinski definition) is 4. The maximum Gasteiger partial charge on any atom is 0.177 e. The molecule has 0 aliphatic carbocycles. The zero-order valence-corrected chi connectivity index (χ0v) is 14.2. The van der Waals surface area contributed by atoms with Gasteiger partial charge in [0.15, 0.2) is 5.78 Å². The highest BCUT2D eigenvalue weighted by Gasteiger charge is 2.38. The van der Waals surface area contributed by atoms with Gasteiger partial charge in [0.05, 0.1) is 17.7 Å². The molecule has 0 aromatic carbocycles. The summed E-state index contributed by atoms with van der Waals surface area (Å²) in [5.41, 5.74) is 0.470. The van der Waals surface area contributed by atoms with Crippen LogP contribution in [-0.4, -0.2) is 41.5 Å². The lowest BCUT2D eigenvalue weighted by Crippen LogP contribution is -2.58. The van der Waals surface area contributed by atoms with Crippen molar-refractivity contribution in [2.45, 2.75) is 52.7 Å². The second-order valence-electron chi connectivity index (χ2n) is 7.02. The molecule has 4 heteroatoms. The summed E-state index contributed by atoms with van der Waals surface area (Å²) in [6.45, 7) is 14.5. The predicted molar refractivity (Wildman–Crippen MR) is 83.8 cm³/mol. The number of rotatable bonds is 3. The van der Waals surface area contributed by atoms with E-state index in [0.29, 0.717) is 6.54 Å². The Morgan fingerprint density at radius 1 is 1.25 bits per heavy atom. The first-order valence-electron chi connectivity index (χ1n) is 7.11. The number of carbonyl (C=O) groups is 1. The number of carbonyl (C=O) groups excluding carboxylic acids is 1. The standard InChI is InChI=1S/C16H25NO2S/c1-11-7-13(12(2)20-11)14(18)8-17-9-15(3,4)19-16(5,6)10-17/h7H,8-10H2,1-6H3. The van der Waals surface area contributed by atoms with E-state index in [-0.39, 0.29) is 17.0 Å². The molecule has 0 amide bonds. The highest BCUT2D eigenvalue weighted by Crippen LogP contribution is 2.28. The molecule has 1 saturated heterocycles. The first-order valence-corrected chi connectivity index (χ1v) is 7.92. The van der Waals surface area contributed by atoms with E-state index < -0.39 is 0 Å². The molecule has 0 saturated carbocycles. The lowest BCUT2D eigenvalue weighted by atomic mass is 9.98. The molecule has 1 aliphatic rings. The van der Waals surface area contributed by atoms with Crippen molar-refractivity contribution < 1.29 is 9.53 Å². The highest BCUT2D eigenvalue weighted by molar-refractivity contribution is 7.12. The second kappa shape index (κ2) is 5.24. The Kier molecular flexibility index (Phi) is 4.11. The molecule has 0 unspecified atom stereocenters. The molecule has 1 aromatic rings. The summed E-state index contributed by atoms with van der Waals surface area (Å²) in [6, 6.07) is 2.01. The first kappa shape index (κ1) is 15.7. The van der Waals surface area contributed by atoms with Gasteiger partial charge in [-0.2, -0.15) is 0 Å². The fraction of sp³-hybridized carbons (Fsp3) is 0.688. The van der Waals surface area contributed by atoms with Crippen LogP contribution < -0.4 is 0 Å². The SMILES string of the molecule is Cc1cc(C(=O)CN2CC(C)(C)OC(C)(C)C2)c(C)s1. The van der Waals surface area contributed by atoms with Crippen molar-refractivity contribution in [3.05, 3.63) is 21.4 Å². The molecule has 0 bridgehead atoms. The van der Waals surface area contributed by atoms with Gasteiger partial charge in [-0.1, -0.05) is 0 Å². The minimum absolute atomic E-state index is 0.207. The van der Waals surface area contributed by atoms with Crippen LogP contribution in [0.1, 0.15) is 47.8 Å². The van der Waals surface area contributed by atoms with Crippen molar-refractivity contribution >= 4 is 17.1 Å². The minimum Gasteiger partial charge on any atom is -0.367 e. The topological polar surface area (TPSA) is 29.5 Å². The van der Waals surface area contributed by atoms with E-state index in [1.807, 2.05) is 13.0 Å². The Morgan fingerprint density at radius 3 is 2.25 bits per heavy atom. The summed E-state index contributed by atoms with van der Waals surface area (Å²) in [4.78, 5) is 17.0. The zero-order valence-electron chi connectivity index (χ0n) is 13.4. The van der Waals surface area contributed by atoms with Gasteiger partial charge in [-0.25, -0.2) is 0 Å². The number of nitrogens with zero attached hydrogens (tertiary/aromatic N) is 1. The molecular weight excluding hydrogens is 270 g/mol. The molecular formula is C16H25NO2S. The largest absolute Gasteiger partial charge is 0.367 e. The first-order chi connectivity index (χ1) is 9.08. The Labute approximate surface area is 125 Å². The second-order valence-corrected chi connectivity index (χ2v) is 8.48. The van der Waals surface area contributed by atoms with E-state index in [4.69, 9.17) is 4.74 Å². The average Bonchev–Trinajstić information content (AvgIpc) is 2.52. The monoisotopic (exact) mass is 295 g/mol. The van der Waals surface area contributed by atoms with E-state index in [0.717, 1.165) is 23.5 Å². The lowest BCUT2D eigenvalue weighted by Gasteiger charge is -2.47. The molecule has 2 heterocycles. The van der Waals surface area contributed by atoms with Crippen molar-refractivity contribution in [3.63, 3.8) is 0 Å². The van der Waals surface area contributed by atoms with Crippen LogP contribution >= 0.6 is 11.3 Å². The summed E-state index contributed by atoms with van der Waals surface area (Å²) < 4.78 is 6.06. The third-order valence-corrected chi connectivity index (χ3v) is 4.44. The van der Waals surface area contributed by atoms with Crippen LogP contribution in [0.15, 0.2) is 6.07 Å². The molecule has 1 aliphatic heterocycles. The number of ether oxygens (including phenoxy) is 1. The van der Waals surface area contributed by atoms with E-state index in [1.54, 1.807) is 11.3 Å². The van der Waals surface area contributed by atoms with Crippen LogP contribution in [0.3, 0.4) is 0 Å². The van der Waals surface area contributed by atoms with Gasteiger partial charge in [0, 0.05) is 28.4 Å². The molecule has 1 fully saturated rings. The summed E-state index contributed by atoms with van der Waals surface area (Å²) >= 11 is 1.70. The summed E-state index contributed by atoms with van der Waals surface area (Å²) in [7, 11) is 0. The molecule has 0 radical (unpaired) electrons. The Balaban J connectivity index is 2.09. The van der Waals surface area contributed by atoms with Crippen LogP contribution in [0.2, 0.25) is 0 Å². The van der Waals surface area contributed by atoms with Gasteiger partial charge in [-0.05, 0) is 47.6 Å². The summed E-state index contributed by atoms with van der Waals surface area (Å²) in [5.74, 6) is 0.223. The lowest BCUT2D eigenvalue weighted by molar-refractivity contribution is -0.178. The van der Waals surface area contributed by atoms with Crippen LogP contribution in [0.5, 0.6) is 0 Å². The van der Waals surface area contributed by atoms with Gasteiger partial charge in [0.2, 0.25) is 0 Å². The van der Waals surface area contributed by atoms with Crippen molar-refractivity contribution in [1.29, 1.82) is 0 Å². The van der Waals surface area contributed by atoms with Crippen LogP contribution in [0, 0.1) is 13.8 Å². The minimum atomic E-state index is -0.207. The maximum absolute atomic E-state index is 12.5. The van der Waals surface area contributed by atoms with Gasteiger partial charge in [-0.3, -0.25) is 9.69 Å². The highest BCUT2D eigenvalue weighted by atomic mass is 32.1. The quantitative estimate of drug-likeness (QED) is 0.800. The van der Waals surface area contributed by atoms with Crippen LogP contribution in [-0.2, 0) is 4.74 Å². The Bertz CT molecular complexity index is 501. The fourth-order valence-corrected chi connectivity index (χ4v) is 4.20. The molecule has 0 atom stereocenters. The Morgan fingerprint density at radius 2 is 1.80 bits per heavy atom. The molecule has 112 valence electrons. The van der Waals surface area contributed by atoms with Crippen LogP contribution in [0.25, 0.3) is 0 Å². The number of hydrogen-bond donors (Lipinski definition) is 0. The van der Waals surface area contributed by atoms with Crippen molar-refractivity contribution in [2.24, 2.45) is 0 Å². The third-order valence-electron chi connectivity index (χ3n) is 3.47. The molecule has 3 nitrogen and oxygen atoms in total. The van der Waals surface area contributed by atoms with Gasteiger partial charge in [-0.15, -0.1) is 11.3 Å². The van der Waals surface area contributed by atoms with Crippen molar-refractivity contribution in [3.8, 4) is 0 Å².